The van der Waals surface area contributed by atoms with Gasteiger partial charge in [-0.1, -0.05) is 70.9 Å². The quantitative estimate of drug-likeness (QED) is 0.640. The SMILES string of the molecule is COC(=O)N=NC(=O)O[SiH](c1ccccc1)c1ccccc1. The molecule has 0 N–H and O–H groups in total. The number of carbonyl (C=O) groups excluding carboxylic acids is 2. The topological polar surface area (TPSA) is 77.3 Å². The van der Waals surface area contributed by atoms with Gasteiger partial charge in [-0.2, -0.15) is 0 Å². The van der Waals surface area contributed by atoms with E-state index in [0.717, 1.165) is 17.5 Å². The van der Waals surface area contributed by atoms with E-state index < -0.39 is 21.2 Å². The van der Waals surface area contributed by atoms with E-state index in [2.05, 4.69) is 15.0 Å². The molecule has 0 aliphatic heterocycles. The van der Waals surface area contributed by atoms with Gasteiger partial charge < -0.3 is 9.16 Å². The zero-order chi connectivity index (χ0) is 15.8. The lowest BCUT2D eigenvalue weighted by Gasteiger charge is -2.15. The van der Waals surface area contributed by atoms with Crippen molar-refractivity contribution in [2.45, 2.75) is 0 Å². The molecule has 0 saturated carbocycles. The van der Waals surface area contributed by atoms with Crippen LogP contribution in [-0.4, -0.2) is 28.3 Å². The lowest BCUT2D eigenvalue weighted by Crippen LogP contribution is -2.45. The summed E-state index contributed by atoms with van der Waals surface area (Å²) in [5, 5.41) is 8.16. The largest absolute Gasteiger partial charge is 0.495 e. The molecular weight excluding hydrogens is 300 g/mol. The van der Waals surface area contributed by atoms with Gasteiger partial charge in [-0.05, 0) is 10.4 Å². The van der Waals surface area contributed by atoms with Gasteiger partial charge in [-0.15, -0.1) is 0 Å². The van der Waals surface area contributed by atoms with Crippen molar-refractivity contribution in [1.29, 1.82) is 0 Å². The van der Waals surface area contributed by atoms with E-state index >= 15 is 0 Å². The highest BCUT2D eigenvalue weighted by atomic mass is 28.3. The van der Waals surface area contributed by atoms with Crippen LogP contribution in [0.5, 0.6) is 0 Å². The first-order valence-electron chi connectivity index (χ1n) is 6.51. The molecule has 0 saturated heterocycles. The van der Waals surface area contributed by atoms with Crippen LogP contribution in [0.25, 0.3) is 0 Å². The Morgan fingerprint density at radius 1 is 0.818 bits per heavy atom. The van der Waals surface area contributed by atoms with Crippen LogP contribution in [0.2, 0.25) is 0 Å². The Balaban J connectivity index is 2.21. The molecule has 0 aliphatic carbocycles. The number of amides is 2. The molecule has 112 valence electrons. The van der Waals surface area contributed by atoms with Gasteiger partial charge in [-0.25, -0.2) is 9.59 Å². The molecule has 2 amide bonds. The Labute approximate surface area is 129 Å². The summed E-state index contributed by atoms with van der Waals surface area (Å²) >= 11 is 0. The van der Waals surface area contributed by atoms with E-state index in [1.54, 1.807) is 0 Å². The minimum absolute atomic E-state index is 0.908. The second kappa shape index (κ2) is 7.84. The molecule has 7 heteroatoms. The fourth-order valence-electron chi connectivity index (χ4n) is 1.83. The fraction of sp³-hybridized carbons (Fsp3) is 0.0667. The summed E-state index contributed by atoms with van der Waals surface area (Å²) in [6, 6.07) is 18.9. The molecule has 0 aliphatic rings. The molecule has 0 atom stereocenters. The van der Waals surface area contributed by atoms with E-state index in [0.29, 0.717) is 0 Å². The van der Waals surface area contributed by atoms with Crippen LogP contribution < -0.4 is 10.4 Å². The van der Waals surface area contributed by atoms with E-state index in [9.17, 15) is 9.59 Å². The maximum absolute atomic E-state index is 11.8. The lowest BCUT2D eigenvalue weighted by molar-refractivity contribution is 0.178. The van der Waals surface area contributed by atoms with Crippen LogP contribution in [0.3, 0.4) is 0 Å². The average Bonchev–Trinajstić information content (AvgIpc) is 2.59. The predicted octanol–water partition coefficient (Wildman–Crippen LogP) is 1.88. The number of azo groups is 1. The van der Waals surface area contributed by atoms with Gasteiger partial charge in [0.1, 0.15) is 0 Å². The summed E-state index contributed by atoms with van der Waals surface area (Å²) in [5.41, 5.74) is 0. The molecule has 2 rings (SSSR count). The second-order valence-corrected chi connectivity index (χ2v) is 6.58. The number of ether oxygens (including phenoxy) is 1. The molecule has 0 fully saturated rings. The Kier molecular flexibility index (Phi) is 5.55. The first-order chi connectivity index (χ1) is 10.7. The zero-order valence-electron chi connectivity index (χ0n) is 11.9. The maximum Gasteiger partial charge on any atom is 0.452 e. The Morgan fingerprint density at radius 2 is 1.27 bits per heavy atom. The molecule has 0 unspecified atom stereocenters. The van der Waals surface area contributed by atoms with E-state index in [1.807, 2.05) is 60.7 Å². The van der Waals surface area contributed by atoms with Crippen molar-refractivity contribution in [3.63, 3.8) is 0 Å². The van der Waals surface area contributed by atoms with Crippen molar-refractivity contribution < 1.29 is 18.8 Å². The molecule has 0 bridgehead atoms. The smallest absolute Gasteiger partial charge is 0.452 e. The number of carbonyl (C=O) groups is 2. The summed E-state index contributed by atoms with van der Waals surface area (Å²) in [6.07, 6.45) is -1.86. The van der Waals surface area contributed by atoms with Crippen molar-refractivity contribution in [3.05, 3.63) is 60.7 Å². The van der Waals surface area contributed by atoms with Gasteiger partial charge in [0.25, 0.3) is 0 Å². The maximum atomic E-state index is 11.8. The summed E-state index contributed by atoms with van der Waals surface area (Å²) < 4.78 is 9.73. The molecule has 0 spiro atoms. The number of hydrogen-bond acceptors (Lipinski definition) is 4. The molecule has 2 aromatic carbocycles. The number of hydrogen-bond donors (Lipinski definition) is 0. The average molecular weight is 314 g/mol. The van der Waals surface area contributed by atoms with Crippen LogP contribution in [0, 0.1) is 0 Å². The molecule has 22 heavy (non-hydrogen) atoms. The summed E-state index contributed by atoms with van der Waals surface area (Å²) in [4.78, 5) is 22.6. The third kappa shape index (κ3) is 4.35. The molecular formula is C15H14N2O4Si. The van der Waals surface area contributed by atoms with Crippen molar-refractivity contribution in [3.8, 4) is 0 Å². The van der Waals surface area contributed by atoms with Gasteiger partial charge in [0.2, 0.25) is 0 Å². The fourth-order valence-corrected chi connectivity index (χ4v) is 3.88. The highest BCUT2D eigenvalue weighted by Crippen LogP contribution is 1.98. The standard InChI is InChI=1S/C15H14N2O4Si/c1-20-14(18)16-17-15(19)21-22(12-8-4-2-5-9-12)13-10-6-3-7-11-13/h2-11,22H,1H3. The van der Waals surface area contributed by atoms with E-state index in [1.165, 1.54) is 0 Å². The van der Waals surface area contributed by atoms with E-state index in [-0.39, 0.29) is 0 Å². The number of methoxy groups -OCH3 is 1. The summed E-state index contributed by atoms with van der Waals surface area (Å²) in [5.74, 6) is 0. The minimum Gasteiger partial charge on any atom is -0.495 e. The van der Waals surface area contributed by atoms with Crippen molar-refractivity contribution in [1.82, 2.24) is 0 Å². The summed E-state index contributed by atoms with van der Waals surface area (Å²) in [7, 11) is -1.08. The van der Waals surface area contributed by atoms with Crippen molar-refractivity contribution >= 4 is 31.6 Å². The van der Waals surface area contributed by atoms with Crippen LogP contribution >= 0.6 is 0 Å². The van der Waals surface area contributed by atoms with Crippen molar-refractivity contribution in [2.24, 2.45) is 10.2 Å². The first-order valence-corrected chi connectivity index (χ1v) is 8.13. The highest BCUT2D eigenvalue weighted by molar-refractivity contribution is 6.81. The third-order valence-corrected chi connectivity index (χ3v) is 5.23. The Morgan fingerprint density at radius 3 is 1.73 bits per heavy atom. The molecule has 6 nitrogen and oxygen atoms in total. The predicted molar refractivity (Wildman–Crippen MR) is 83.0 cm³/mol. The molecule has 0 aromatic heterocycles. The van der Waals surface area contributed by atoms with Crippen LogP contribution in [0.1, 0.15) is 0 Å². The van der Waals surface area contributed by atoms with Gasteiger partial charge in [-0.3, -0.25) is 0 Å². The van der Waals surface area contributed by atoms with Crippen LogP contribution in [0.4, 0.5) is 9.59 Å². The third-order valence-electron chi connectivity index (χ3n) is 2.81. The van der Waals surface area contributed by atoms with Gasteiger partial charge in [0.15, 0.2) is 0 Å². The monoisotopic (exact) mass is 314 g/mol. The van der Waals surface area contributed by atoms with Crippen LogP contribution in [-0.2, 0) is 9.16 Å². The number of rotatable bonds is 3. The molecule has 2 aromatic rings. The van der Waals surface area contributed by atoms with E-state index in [4.69, 9.17) is 4.43 Å². The van der Waals surface area contributed by atoms with Crippen LogP contribution in [0.15, 0.2) is 70.9 Å². The highest BCUT2D eigenvalue weighted by Gasteiger charge is 2.21. The zero-order valence-corrected chi connectivity index (χ0v) is 13.0. The minimum atomic E-state index is -2.24. The molecule has 0 heterocycles. The van der Waals surface area contributed by atoms with Gasteiger partial charge in [0, 0.05) is 0 Å². The lowest BCUT2D eigenvalue weighted by atomic mass is 10.4. The number of benzene rings is 2. The summed E-state index contributed by atoms with van der Waals surface area (Å²) in [6.45, 7) is 0. The second-order valence-electron chi connectivity index (χ2n) is 4.26. The Bertz CT molecular complexity index is 622. The van der Waals surface area contributed by atoms with Crippen molar-refractivity contribution in [2.75, 3.05) is 7.11 Å². The normalized spacial score (nSPS) is 10.6. The van der Waals surface area contributed by atoms with Gasteiger partial charge >= 0.3 is 21.2 Å². The molecule has 0 radical (unpaired) electrons. The Hall–Kier alpha value is -2.80. The van der Waals surface area contributed by atoms with Gasteiger partial charge in [0.05, 0.1) is 7.11 Å². The first kappa shape index (κ1) is 15.6. The number of nitrogens with zero attached hydrogens (tertiary/aromatic N) is 2.